The highest BCUT2D eigenvalue weighted by atomic mass is 32.2. The van der Waals surface area contributed by atoms with E-state index in [9.17, 15) is 12.8 Å². The summed E-state index contributed by atoms with van der Waals surface area (Å²) in [5, 5.41) is 4.14. The number of nitrogens with one attached hydrogen (secondary N) is 1. The van der Waals surface area contributed by atoms with Crippen LogP contribution in [0.2, 0.25) is 0 Å². The van der Waals surface area contributed by atoms with Crippen molar-refractivity contribution in [3.05, 3.63) is 66.2 Å². The highest BCUT2D eigenvalue weighted by molar-refractivity contribution is 7.89. The van der Waals surface area contributed by atoms with E-state index in [4.69, 9.17) is 0 Å². The number of rotatable bonds is 4. The molecule has 0 bridgehead atoms. The van der Waals surface area contributed by atoms with E-state index in [1.807, 2.05) is 18.2 Å². The Kier molecular flexibility index (Phi) is 3.44. The Balaban J connectivity index is 1.82. The molecule has 0 aliphatic heterocycles. The van der Waals surface area contributed by atoms with Crippen LogP contribution >= 0.6 is 0 Å². The van der Waals surface area contributed by atoms with Crippen molar-refractivity contribution in [3.8, 4) is 0 Å². The van der Waals surface area contributed by atoms with E-state index in [2.05, 4.69) is 9.82 Å². The molecule has 0 unspecified atom stereocenters. The highest BCUT2D eigenvalue weighted by Gasteiger charge is 2.14. The fraction of sp³-hybridized carbons (Fsp3) is 0.0714. The molecule has 0 aliphatic rings. The number of hydrogen-bond acceptors (Lipinski definition) is 3. The summed E-state index contributed by atoms with van der Waals surface area (Å²) in [6, 6.07) is 10.2. The Bertz CT molecular complexity index is 873. The Morgan fingerprint density at radius 1 is 1.14 bits per heavy atom. The second-order valence-electron chi connectivity index (χ2n) is 4.48. The minimum absolute atomic E-state index is 0.0281. The Hall–Kier alpha value is -2.25. The zero-order valence-corrected chi connectivity index (χ0v) is 11.7. The molecule has 0 aliphatic carbocycles. The molecule has 0 saturated heterocycles. The van der Waals surface area contributed by atoms with Crippen molar-refractivity contribution in [2.45, 2.75) is 11.4 Å². The van der Waals surface area contributed by atoms with E-state index in [0.717, 1.165) is 23.2 Å². The van der Waals surface area contributed by atoms with Crippen molar-refractivity contribution >= 4 is 15.5 Å². The number of hydrogen-bond donors (Lipinski definition) is 1. The lowest BCUT2D eigenvalue weighted by Crippen LogP contribution is -2.23. The maximum atomic E-state index is 12.8. The summed E-state index contributed by atoms with van der Waals surface area (Å²) in [5.74, 6) is -0.475. The molecule has 0 atom stereocenters. The average Bonchev–Trinajstić information content (AvgIpc) is 2.89. The first kappa shape index (κ1) is 13.7. The SMILES string of the molecule is O=S(=O)(NCc1cnn2ccccc12)c1ccc(F)cc1. The highest BCUT2D eigenvalue weighted by Crippen LogP contribution is 2.13. The van der Waals surface area contributed by atoms with Crippen LogP contribution in [0.5, 0.6) is 0 Å². The van der Waals surface area contributed by atoms with E-state index in [-0.39, 0.29) is 11.4 Å². The van der Waals surface area contributed by atoms with Crippen LogP contribution in [-0.2, 0) is 16.6 Å². The lowest BCUT2D eigenvalue weighted by Gasteiger charge is -2.06. The first-order valence-corrected chi connectivity index (χ1v) is 7.71. The summed E-state index contributed by atoms with van der Waals surface area (Å²) in [6.07, 6.45) is 3.40. The molecule has 7 heteroatoms. The number of nitrogens with zero attached hydrogens (tertiary/aromatic N) is 2. The molecule has 3 aromatic rings. The predicted molar refractivity (Wildman–Crippen MR) is 75.6 cm³/mol. The van der Waals surface area contributed by atoms with Crippen molar-refractivity contribution < 1.29 is 12.8 Å². The largest absolute Gasteiger partial charge is 0.241 e. The molecular formula is C14H12FN3O2S. The third-order valence-corrected chi connectivity index (χ3v) is 4.50. The number of benzene rings is 1. The van der Waals surface area contributed by atoms with Gasteiger partial charge in [-0.25, -0.2) is 22.0 Å². The molecule has 1 aromatic carbocycles. The predicted octanol–water partition coefficient (Wildman–Crippen LogP) is 1.95. The standard InChI is InChI=1S/C14H12FN3O2S/c15-12-4-6-13(7-5-12)21(19,20)17-10-11-9-16-18-8-2-1-3-14(11)18/h1-9,17H,10H2. The van der Waals surface area contributed by atoms with Crippen LogP contribution in [-0.4, -0.2) is 18.0 Å². The molecule has 0 amide bonds. The molecule has 0 spiro atoms. The number of aromatic nitrogens is 2. The lowest BCUT2D eigenvalue weighted by atomic mass is 10.3. The first-order chi connectivity index (χ1) is 10.1. The third kappa shape index (κ3) is 2.79. The Morgan fingerprint density at radius 3 is 2.67 bits per heavy atom. The third-order valence-electron chi connectivity index (χ3n) is 3.08. The number of fused-ring (bicyclic) bond motifs is 1. The summed E-state index contributed by atoms with van der Waals surface area (Å²) < 4.78 is 41.2. The van der Waals surface area contributed by atoms with Crippen LogP contribution in [0.15, 0.2) is 59.8 Å². The van der Waals surface area contributed by atoms with E-state index < -0.39 is 15.8 Å². The molecular weight excluding hydrogens is 293 g/mol. The zero-order valence-electron chi connectivity index (χ0n) is 10.9. The number of pyridine rings is 1. The van der Waals surface area contributed by atoms with Gasteiger partial charge in [0.25, 0.3) is 0 Å². The van der Waals surface area contributed by atoms with E-state index in [1.165, 1.54) is 12.1 Å². The monoisotopic (exact) mass is 305 g/mol. The maximum absolute atomic E-state index is 12.8. The van der Waals surface area contributed by atoms with Crippen LogP contribution < -0.4 is 4.72 Å². The van der Waals surface area contributed by atoms with Crippen LogP contribution in [0.3, 0.4) is 0 Å². The number of sulfonamides is 1. The Labute approximate surface area is 121 Å². The summed E-state index contributed by atoms with van der Waals surface area (Å²) in [6.45, 7) is 0.118. The molecule has 21 heavy (non-hydrogen) atoms. The smallest absolute Gasteiger partial charge is 0.240 e. The van der Waals surface area contributed by atoms with Gasteiger partial charge >= 0.3 is 0 Å². The zero-order chi connectivity index (χ0) is 14.9. The van der Waals surface area contributed by atoms with Crippen molar-refractivity contribution in [2.24, 2.45) is 0 Å². The topological polar surface area (TPSA) is 63.5 Å². The second-order valence-corrected chi connectivity index (χ2v) is 6.25. The van der Waals surface area contributed by atoms with Crippen LogP contribution in [0.1, 0.15) is 5.56 Å². The van der Waals surface area contributed by atoms with Gasteiger partial charge in [-0.2, -0.15) is 5.10 Å². The summed E-state index contributed by atoms with van der Waals surface area (Å²) >= 11 is 0. The van der Waals surface area contributed by atoms with Gasteiger partial charge in [-0.05, 0) is 36.4 Å². The van der Waals surface area contributed by atoms with E-state index in [1.54, 1.807) is 16.9 Å². The van der Waals surface area contributed by atoms with Gasteiger partial charge < -0.3 is 0 Å². The average molecular weight is 305 g/mol. The van der Waals surface area contributed by atoms with Crippen LogP contribution in [0.25, 0.3) is 5.52 Å². The molecule has 108 valence electrons. The van der Waals surface area contributed by atoms with Gasteiger partial charge in [0.05, 0.1) is 16.6 Å². The van der Waals surface area contributed by atoms with Crippen molar-refractivity contribution in [3.63, 3.8) is 0 Å². The lowest BCUT2D eigenvalue weighted by molar-refractivity contribution is 0.580. The van der Waals surface area contributed by atoms with Gasteiger partial charge in [0, 0.05) is 18.3 Å². The van der Waals surface area contributed by atoms with Crippen molar-refractivity contribution in [1.82, 2.24) is 14.3 Å². The quantitative estimate of drug-likeness (QED) is 0.801. The van der Waals surface area contributed by atoms with Gasteiger partial charge in [-0.15, -0.1) is 0 Å². The molecule has 1 N–H and O–H groups in total. The van der Waals surface area contributed by atoms with Gasteiger partial charge in [-0.1, -0.05) is 6.07 Å². The second kappa shape index (κ2) is 5.27. The molecule has 0 radical (unpaired) electrons. The summed E-state index contributed by atoms with van der Waals surface area (Å²) in [7, 11) is -3.68. The maximum Gasteiger partial charge on any atom is 0.240 e. The van der Waals surface area contributed by atoms with Gasteiger partial charge in [0.2, 0.25) is 10.0 Å². The summed E-state index contributed by atoms with van der Waals surface area (Å²) in [5.41, 5.74) is 1.60. The van der Waals surface area contributed by atoms with Crippen LogP contribution in [0.4, 0.5) is 4.39 Å². The molecule has 0 fully saturated rings. The first-order valence-electron chi connectivity index (χ1n) is 6.23. The van der Waals surface area contributed by atoms with Crippen molar-refractivity contribution in [1.29, 1.82) is 0 Å². The number of halogens is 1. The molecule has 3 rings (SSSR count). The van der Waals surface area contributed by atoms with Gasteiger partial charge in [0.15, 0.2) is 0 Å². The van der Waals surface area contributed by atoms with Gasteiger partial charge in [0.1, 0.15) is 5.82 Å². The minimum Gasteiger partial charge on any atom is -0.241 e. The van der Waals surface area contributed by atoms with E-state index >= 15 is 0 Å². The normalized spacial score (nSPS) is 11.9. The minimum atomic E-state index is -3.68. The van der Waals surface area contributed by atoms with Gasteiger partial charge in [-0.3, -0.25) is 0 Å². The van der Waals surface area contributed by atoms with E-state index in [0.29, 0.717) is 0 Å². The Morgan fingerprint density at radius 2 is 1.90 bits per heavy atom. The molecule has 0 saturated carbocycles. The molecule has 2 aromatic heterocycles. The fourth-order valence-corrected chi connectivity index (χ4v) is 3.00. The fourth-order valence-electron chi connectivity index (χ4n) is 1.99. The van der Waals surface area contributed by atoms with Crippen LogP contribution in [0, 0.1) is 5.82 Å². The molecule has 2 heterocycles. The van der Waals surface area contributed by atoms with Crippen molar-refractivity contribution in [2.75, 3.05) is 0 Å². The molecule has 5 nitrogen and oxygen atoms in total. The summed E-state index contributed by atoms with van der Waals surface area (Å²) in [4.78, 5) is 0.0281.